The van der Waals surface area contributed by atoms with E-state index in [4.69, 9.17) is 5.50 Å². The molecule has 0 heterocycles. The lowest BCUT2D eigenvalue weighted by Crippen LogP contribution is -2.14. The molecule has 0 radical (unpaired) electrons. The quantitative estimate of drug-likeness (QED) is 0.610. The Morgan fingerprint density at radius 3 is 1.33 bits per heavy atom. The third-order valence-electron chi connectivity index (χ3n) is 1.61. The monoisotopic (exact) mass is 149 g/mol. The summed E-state index contributed by atoms with van der Waals surface area (Å²) in [7, 11) is -2.34. The Morgan fingerprint density at radius 1 is 1.11 bits per heavy atom. The zero-order valence-corrected chi connectivity index (χ0v) is 7.48. The van der Waals surface area contributed by atoms with E-state index in [1.807, 2.05) is 27.7 Å². The molecule has 0 rings (SSSR count). The molecule has 3 heteroatoms. The Bertz CT molecular complexity index is 119. The second kappa shape index (κ2) is 2.85. The molecule has 0 bridgehead atoms. The minimum absolute atomic E-state index is 0.123. The van der Waals surface area contributed by atoms with Crippen LogP contribution in [0, 0.1) is 0 Å². The summed E-state index contributed by atoms with van der Waals surface area (Å²) in [4.78, 5) is 0. The highest BCUT2D eigenvalue weighted by Gasteiger charge is 2.24. The standard InChI is InChI=1S/C6H16NOP/c1-5(2)9(7,8)6(3)4/h5-6H,1-4H3,(H2,7,8). The van der Waals surface area contributed by atoms with Crippen molar-refractivity contribution < 1.29 is 4.57 Å². The summed E-state index contributed by atoms with van der Waals surface area (Å²) in [5.74, 6) is 0. The number of hydrogen-bond acceptors (Lipinski definition) is 1. The number of nitrogens with two attached hydrogens (primary N) is 1. The Balaban J connectivity index is 4.21. The third kappa shape index (κ3) is 2.11. The van der Waals surface area contributed by atoms with Crippen LogP contribution in [0.1, 0.15) is 27.7 Å². The fourth-order valence-corrected chi connectivity index (χ4v) is 1.79. The number of rotatable bonds is 2. The second-order valence-corrected chi connectivity index (χ2v) is 6.54. The van der Waals surface area contributed by atoms with Gasteiger partial charge in [-0.15, -0.1) is 0 Å². The molecule has 0 fully saturated rings. The summed E-state index contributed by atoms with van der Waals surface area (Å²) in [6, 6.07) is 0. The average Bonchev–Trinajstić information content (AvgIpc) is 1.65. The summed E-state index contributed by atoms with van der Waals surface area (Å²) in [6.07, 6.45) is 0. The van der Waals surface area contributed by atoms with Gasteiger partial charge in [0.15, 0.2) is 0 Å². The highest BCUT2D eigenvalue weighted by atomic mass is 31.2. The third-order valence-corrected chi connectivity index (χ3v) is 4.84. The fourth-order valence-electron chi connectivity index (χ4n) is 0.596. The molecule has 0 aliphatic carbocycles. The molecule has 0 saturated heterocycles. The van der Waals surface area contributed by atoms with Gasteiger partial charge in [0.2, 0.25) is 0 Å². The van der Waals surface area contributed by atoms with E-state index in [-0.39, 0.29) is 11.3 Å². The van der Waals surface area contributed by atoms with E-state index in [2.05, 4.69) is 0 Å². The first kappa shape index (κ1) is 9.19. The van der Waals surface area contributed by atoms with Gasteiger partial charge in [-0.1, -0.05) is 27.7 Å². The Labute approximate surface area is 57.2 Å². The predicted molar refractivity (Wildman–Crippen MR) is 42.1 cm³/mol. The second-order valence-electron chi connectivity index (χ2n) is 2.95. The molecular formula is C6H16NOP. The molecule has 0 atom stereocenters. The average molecular weight is 149 g/mol. The van der Waals surface area contributed by atoms with E-state index in [1.165, 1.54) is 0 Å². The van der Waals surface area contributed by atoms with Crippen LogP contribution in [0.15, 0.2) is 0 Å². The zero-order chi connectivity index (χ0) is 7.65. The van der Waals surface area contributed by atoms with Crippen molar-refractivity contribution in [2.45, 2.75) is 39.0 Å². The smallest absolute Gasteiger partial charge is 0.150 e. The fraction of sp³-hybridized carbons (Fsp3) is 1.00. The van der Waals surface area contributed by atoms with Crippen molar-refractivity contribution in [3.63, 3.8) is 0 Å². The van der Waals surface area contributed by atoms with Gasteiger partial charge in [-0.2, -0.15) is 0 Å². The lowest BCUT2D eigenvalue weighted by Gasteiger charge is -2.20. The molecule has 0 saturated carbocycles. The molecule has 2 nitrogen and oxygen atoms in total. The van der Waals surface area contributed by atoms with Crippen LogP contribution in [-0.4, -0.2) is 11.3 Å². The molecule has 0 aromatic heterocycles. The van der Waals surface area contributed by atoms with Crippen LogP contribution in [0.3, 0.4) is 0 Å². The molecule has 0 aliphatic heterocycles. The van der Waals surface area contributed by atoms with Gasteiger partial charge in [0.25, 0.3) is 0 Å². The highest BCUT2D eigenvalue weighted by molar-refractivity contribution is 7.62. The Hall–Kier alpha value is 0.190. The zero-order valence-electron chi connectivity index (χ0n) is 6.59. The van der Waals surface area contributed by atoms with E-state index in [0.717, 1.165) is 0 Å². The van der Waals surface area contributed by atoms with E-state index in [1.54, 1.807) is 0 Å². The first-order chi connectivity index (χ1) is 3.89. The molecule has 0 amide bonds. The summed E-state index contributed by atoms with van der Waals surface area (Å²) < 4.78 is 11.4. The number of hydrogen-bond donors (Lipinski definition) is 1. The minimum atomic E-state index is -2.34. The molecule has 0 aromatic rings. The molecule has 0 unspecified atom stereocenters. The van der Waals surface area contributed by atoms with E-state index in [0.29, 0.717) is 0 Å². The van der Waals surface area contributed by atoms with Crippen molar-refractivity contribution in [3.05, 3.63) is 0 Å². The lowest BCUT2D eigenvalue weighted by molar-refractivity contribution is 0.562. The molecule has 0 spiro atoms. The van der Waals surface area contributed by atoms with E-state index in [9.17, 15) is 4.57 Å². The van der Waals surface area contributed by atoms with Gasteiger partial charge in [-0.3, -0.25) is 5.50 Å². The maximum atomic E-state index is 11.4. The molecular weight excluding hydrogens is 133 g/mol. The predicted octanol–water partition coefficient (Wildman–Crippen LogP) is 2.04. The van der Waals surface area contributed by atoms with Crippen molar-refractivity contribution in [2.75, 3.05) is 0 Å². The van der Waals surface area contributed by atoms with Gasteiger partial charge in [-0.25, -0.2) is 0 Å². The summed E-state index contributed by atoms with van der Waals surface area (Å²) in [6.45, 7) is 7.61. The van der Waals surface area contributed by atoms with Crippen LogP contribution >= 0.6 is 7.29 Å². The van der Waals surface area contributed by atoms with Gasteiger partial charge < -0.3 is 4.57 Å². The summed E-state index contributed by atoms with van der Waals surface area (Å²) in [5.41, 5.74) is 5.80. The van der Waals surface area contributed by atoms with Crippen molar-refractivity contribution in [1.82, 2.24) is 0 Å². The minimum Gasteiger partial charge on any atom is -0.306 e. The van der Waals surface area contributed by atoms with Crippen LogP contribution in [0.25, 0.3) is 0 Å². The van der Waals surface area contributed by atoms with Gasteiger partial charge in [0.1, 0.15) is 7.29 Å². The van der Waals surface area contributed by atoms with Crippen LogP contribution in [0.4, 0.5) is 0 Å². The van der Waals surface area contributed by atoms with E-state index < -0.39 is 7.29 Å². The van der Waals surface area contributed by atoms with Crippen LogP contribution < -0.4 is 5.50 Å². The van der Waals surface area contributed by atoms with Crippen LogP contribution in [-0.2, 0) is 4.57 Å². The van der Waals surface area contributed by atoms with Crippen molar-refractivity contribution in [2.24, 2.45) is 5.50 Å². The summed E-state index contributed by atoms with van der Waals surface area (Å²) >= 11 is 0. The Kier molecular flexibility index (Phi) is 2.91. The highest BCUT2D eigenvalue weighted by Crippen LogP contribution is 2.46. The van der Waals surface area contributed by atoms with Gasteiger partial charge in [0.05, 0.1) is 0 Å². The summed E-state index contributed by atoms with van der Waals surface area (Å²) in [5, 5.41) is 0. The first-order valence-electron chi connectivity index (χ1n) is 3.27. The maximum absolute atomic E-state index is 11.4. The topological polar surface area (TPSA) is 43.1 Å². The van der Waals surface area contributed by atoms with Crippen molar-refractivity contribution in [3.8, 4) is 0 Å². The Morgan fingerprint density at radius 2 is 1.33 bits per heavy atom. The molecule has 0 aliphatic rings. The van der Waals surface area contributed by atoms with Crippen LogP contribution in [0.5, 0.6) is 0 Å². The largest absolute Gasteiger partial charge is 0.306 e. The molecule has 56 valence electrons. The molecule has 2 N–H and O–H groups in total. The van der Waals surface area contributed by atoms with Crippen LogP contribution in [0.2, 0.25) is 0 Å². The first-order valence-corrected chi connectivity index (χ1v) is 5.18. The van der Waals surface area contributed by atoms with Gasteiger partial charge in [-0.05, 0) is 0 Å². The van der Waals surface area contributed by atoms with Crippen molar-refractivity contribution >= 4 is 7.29 Å². The van der Waals surface area contributed by atoms with E-state index >= 15 is 0 Å². The SMILES string of the molecule is CC(C)P(N)(=O)C(C)C. The lowest BCUT2D eigenvalue weighted by atomic mass is 10.5. The normalized spacial score (nSPS) is 13.2. The maximum Gasteiger partial charge on any atom is 0.150 e. The van der Waals surface area contributed by atoms with Crippen molar-refractivity contribution in [1.29, 1.82) is 0 Å². The molecule has 0 aromatic carbocycles. The van der Waals surface area contributed by atoms with Gasteiger partial charge in [0, 0.05) is 11.3 Å². The van der Waals surface area contributed by atoms with Gasteiger partial charge >= 0.3 is 0 Å². The molecule has 9 heavy (non-hydrogen) atoms.